The largest absolute Gasteiger partial charge is 0.350 e. The highest BCUT2D eigenvalue weighted by atomic mass is 35.5. The van der Waals surface area contributed by atoms with Gasteiger partial charge in [0, 0.05) is 11.6 Å². The highest BCUT2D eigenvalue weighted by Crippen LogP contribution is 2.23. The zero-order chi connectivity index (χ0) is 18.6. The van der Waals surface area contributed by atoms with Crippen LogP contribution in [0.3, 0.4) is 0 Å². The summed E-state index contributed by atoms with van der Waals surface area (Å²) in [5.74, 6) is -0.372. The zero-order valence-electron chi connectivity index (χ0n) is 14.4. The molecule has 0 aliphatic rings. The molecule has 0 fully saturated rings. The predicted molar refractivity (Wildman–Crippen MR) is 101 cm³/mol. The first-order chi connectivity index (χ1) is 11.7. The van der Waals surface area contributed by atoms with E-state index >= 15 is 0 Å². The summed E-state index contributed by atoms with van der Waals surface area (Å²) in [7, 11) is -3.64. The number of anilines is 1. The van der Waals surface area contributed by atoms with Gasteiger partial charge in [-0.1, -0.05) is 35.9 Å². The second kappa shape index (κ2) is 7.89. The molecule has 0 heterocycles. The SMILES string of the molecule is Cc1ccccc1CNC(=O)[C@H](C)N(c1ccc(Cl)cc1)S(C)(=O)=O. The normalized spacial score (nSPS) is 12.5. The second-order valence-corrected chi connectivity index (χ2v) is 8.15. The first-order valence-corrected chi connectivity index (χ1v) is 10.00. The second-order valence-electron chi connectivity index (χ2n) is 5.86. The first-order valence-electron chi connectivity index (χ1n) is 7.77. The van der Waals surface area contributed by atoms with Gasteiger partial charge in [-0.25, -0.2) is 8.42 Å². The molecular formula is C18H21ClN2O3S. The summed E-state index contributed by atoms with van der Waals surface area (Å²) in [6, 6.07) is 13.2. The summed E-state index contributed by atoms with van der Waals surface area (Å²) < 4.78 is 25.5. The molecule has 0 aromatic heterocycles. The molecule has 0 bridgehead atoms. The summed E-state index contributed by atoms with van der Waals surface area (Å²) in [4.78, 5) is 12.5. The van der Waals surface area contributed by atoms with E-state index in [0.717, 1.165) is 21.7 Å². The minimum Gasteiger partial charge on any atom is -0.350 e. The van der Waals surface area contributed by atoms with Crippen molar-refractivity contribution in [3.05, 3.63) is 64.7 Å². The highest BCUT2D eigenvalue weighted by Gasteiger charge is 2.28. The van der Waals surface area contributed by atoms with Crippen LogP contribution in [0, 0.1) is 6.92 Å². The van der Waals surface area contributed by atoms with Crippen molar-refractivity contribution in [1.29, 1.82) is 0 Å². The zero-order valence-corrected chi connectivity index (χ0v) is 15.9. The maximum Gasteiger partial charge on any atom is 0.243 e. The Morgan fingerprint density at radius 1 is 1.16 bits per heavy atom. The quantitative estimate of drug-likeness (QED) is 0.837. The standard InChI is InChI=1S/C18H21ClN2O3S/c1-13-6-4-5-7-15(13)12-20-18(22)14(2)21(25(3,23)24)17-10-8-16(19)9-11-17/h4-11,14H,12H2,1-3H3,(H,20,22)/t14-/m0/s1. The Balaban J connectivity index is 2.18. The van der Waals surface area contributed by atoms with E-state index in [1.54, 1.807) is 31.2 Å². The summed E-state index contributed by atoms with van der Waals surface area (Å²) in [6.45, 7) is 3.86. The lowest BCUT2D eigenvalue weighted by atomic mass is 10.1. The van der Waals surface area contributed by atoms with E-state index < -0.39 is 16.1 Å². The van der Waals surface area contributed by atoms with Crippen LogP contribution in [0.1, 0.15) is 18.1 Å². The van der Waals surface area contributed by atoms with Crippen molar-refractivity contribution in [2.24, 2.45) is 0 Å². The number of aryl methyl sites for hydroxylation is 1. The van der Waals surface area contributed by atoms with Crippen LogP contribution in [0.15, 0.2) is 48.5 Å². The molecule has 2 rings (SSSR count). The van der Waals surface area contributed by atoms with E-state index in [2.05, 4.69) is 5.32 Å². The number of rotatable bonds is 6. The van der Waals surface area contributed by atoms with E-state index in [9.17, 15) is 13.2 Å². The molecule has 7 heteroatoms. The molecule has 1 N–H and O–H groups in total. The number of nitrogens with zero attached hydrogens (tertiary/aromatic N) is 1. The Morgan fingerprint density at radius 3 is 2.32 bits per heavy atom. The molecular weight excluding hydrogens is 360 g/mol. The number of nitrogens with one attached hydrogen (secondary N) is 1. The predicted octanol–water partition coefficient (Wildman–Crippen LogP) is 3.12. The number of carbonyl (C=O) groups is 1. The van der Waals surface area contributed by atoms with E-state index in [0.29, 0.717) is 17.3 Å². The van der Waals surface area contributed by atoms with Crippen LogP contribution in [-0.2, 0) is 21.4 Å². The van der Waals surface area contributed by atoms with Crippen molar-refractivity contribution in [2.75, 3.05) is 10.6 Å². The van der Waals surface area contributed by atoms with Crippen LogP contribution in [0.2, 0.25) is 5.02 Å². The molecule has 0 aliphatic carbocycles. The fourth-order valence-electron chi connectivity index (χ4n) is 2.54. The molecule has 0 spiro atoms. The van der Waals surface area contributed by atoms with Crippen molar-refractivity contribution in [3.8, 4) is 0 Å². The van der Waals surface area contributed by atoms with Crippen LogP contribution in [0.5, 0.6) is 0 Å². The van der Waals surface area contributed by atoms with Gasteiger partial charge in [-0.2, -0.15) is 0 Å². The fourth-order valence-corrected chi connectivity index (χ4v) is 3.84. The first kappa shape index (κ1) is 19.3. The molecule has 1 amide bonds. The number of halogens is 1. The van der Waals surface area contributed by atoms with Crippen LogP contribution < -0.4 is 9.62 Å². The number of benzene rings is 2. The van der Waals surface area contributed by atoms with Gasteiger partial charge in [-0.3, -0.25) is 9.10 Å². The Bertz CT molecular complexity index is 851. The molecule has 2 aromatic rings. The summed E-state index contributed by atoms with van der Waals surface area (Å²) in [5.41, 5.74) is 2.44. The Morgan fingerprint density at radius 2 is 1.76 bits per heavy atom. The third kappa shape index (κ3) is 4.96. The Labute approximate surface area is 153 Å². The number of sulfonamides is 1. The van der Waals surface area contributed by atoms with Crippen molar-refractivity contribution in [1.82, 2.24) is 5.32 Å². The van der Waals surface area contributed by atoms with E-state index in [1.807, 2.05) is 31.2 Å². The number of hydrogen-bond donors (Lipinski definition) is 1. The lowest BCUT2D eigenvalue weighted by molar-refractivity contribution is -0.122. The van der Waals surface area contributed by atoms with Gasteiger partial charge in [0.15, 0.2) is 0 Å². The van der Waals surface area contributed by atoms with Gasteiger partial charge in [-0.05, 0) is 49.2 Å². The van der Waals surface area contributed by atoms with Gasteiger partial charge in [-0.15, -0.1) is 0 Å². The summed E-state index contributed by atoms with van der Waals surface area (Å²) >= 11 is 5.86. The van der Waals surface area contributed by atoms with Crippen molar-refractivity contribution in [3.63, 3.8) is 0 Å². The van der Waals surface area contributed by atoms with Crippen LogP contribution in [-0.4, -0.2) is 26.6 Å². The maximum atomic E-state index is 12.5. The Kier molecular flexibility index (Phi) is 6.08. The maximum absolute atomic E-state index is 12.5. The van der Waals surface area contributed by atoms with Crippen LogP contribution in [0.25, 0.3) is 0 Å². The van der Waals surface area contributed by atoms with E-state index in [4.69, 9.17) is 11.6 Å². The van der Waals surface area contributed by atoms with Crippen molar-refractivity contribution in [2.45, 2.75) is 26.4 Å². The average Bonchev–Trinajstić information content (AvgIpc) is 2.54. The third-order valence-corrected chi connectivity index (χ3v) is 5.38. The summed E-state index contributed by atoms with van der Waals surface area (Å²) in [5, 5.41) is 3.30. The van der Waals surface area contributed by atoms with Crippen molar-refractivity contribution >= 4 is 33.2 Å². The molecule has 1 atom stereocenters. The van der Waals surface area contributed by atoms with Crippen LogP contribution in [0.4, 0.5) is 5.69 Å². The lowest BCUT2D eigenvalue weighted by Crippen LogP contribution is -2.47. The smallest absolute Gasteiger partial charge is 0.243 e. The van der Waals surface area contributed by atoms with E-state index in [-0.39, 0.29) is 5.91 Å². The molecule has 0 radical (unpaired) electrons. The Hall–Kier alpha value is -2.05. The van der Waals surface area contributed by atoms with Gasteiger partial charge < -0.3 is 5.32 Å². The molecule has 134 valence electrons. The van der Waals surface area contributed by atoms with Gasteiger partial charge in [0.25, 0.3) is 0 Å². The molecule has 2 aromatic carbocycles. The molecule has 0 saturated carbocycles. The summed E-state index contributed by atoms with van der Waals surface area (Å²) in [6.07, 6.45) is 1.08. The van der Waals surface area contributed by atoms with Gasteiger partial charge in [0.1, 0.15) is 6.04 Å². The van der Waals surface area contributed by atoms with Crippen LogP contribution >= 0.6 is 11.6 Å². The van der Waals surface area contributed by atoms with Gasteiger partial charge in [0.05, 0.1) is 11.9 Å². The van der Waals surface area contributed by atoms with Gasteiger partial charge in [0.2, 0.25) is 15.9 Å². The fraction of sp³-hybridized carbons (Fsp3) is 0.278. The lowest BCUT2D eigenvalue weighted by Gasteiger charge is -2.28. The monoisotopic (exact) mass is 380 g/mol. The molecule has 0 saturated heterocycles. The molecule has 5 nitrogen and oxygen atoms in total. The average molecular weight is 381 g/mol. The van der Waals surface area contributed by atoms with Gasteiger partial charge >= 0.3 is 0 Å². The molecule has 0 aliphatic heterocycles. The minimum atomic E-state index is -3.64. The topological polar surface area (TPSA) is 66.5 Å². The third-order valence-electron chi connectivity index (χ3n) is 3.88. The number of carbonyl (C=O) groups excluding carboxylic acids is 1. The molecule has 0 unspecified atom stereocenters. The van der Waals surface area contributed by atoms with E-state index in [1.165, 1.54) is 0 Å². The number of amides is 1. The number of hydrogen-bond acceptors (Lipinski definition) is 3. The van der Waals surface area contributed by atoms with Crippen molar-refractivity contribution < 1.29 is 13.2 Å². The molecule has 25 heavy (non-hydrogen) atoms. The highest BCUT2D eigenvalue weighted by molar-refractivity contribution is 7.92. The minimum absolute atomic E-state index is 0.341.